The third kappa shape index (κ3) is 6.45. The van der Waals surface area contributed by atoms with E-state index in [2.05, 4.69) is 70.9 Å². The molecule has 6 aliphatic rings. The Kier molecular flexibility index (Phi) is 8.96. The van der Waals surface area contributed by atoms with Crippen molar-refractivity contribution in [1.29, 1.82) is 0 Å². The van der Waals surface area contributed by atoms with Gasteiger partial charge in [-0.15, -0.1) is 0 Å². The van der Waals surface area contributed by atoms with Gasteiger partial charge in [-0.2, -0.15) is 0 Å². The molecule has 296 valence electrons. The molecule has 2 aliphatic carbocycles. The number of imide groups is 2. The molecule has 4 aromatic rings. The fraction of sp³-hybridized carbons (Fsp3) is 0.383. The molecule has 2 saturated heterocycles. The number of carbonyl (C=O) groups is 5. The Morgan fingerprint density at radius 2 is 1.47 bits per heavy atom. The van der Waals surface area contributed by atoms with Gasteiger partial charge in [0.05, 0.1) is 23.8 Å². The molecule has 3 atom stereocenters. The zero-order chi connectivity index (χ0) is 39.7. The molecule has 0 bridgehead atoms. The molecule has 10 rings (SSSR count). The van der Waals surface area contributed by atoms with E-state index in [0.29, 0.717) is 31.3 Å². The first-order valence-corrected chi connectivity index (χ1v) is 20.6. The van der Waals surface area contributed by atoms with E-state index < -0.39 is 29.7 Å². The summed E-state index contributed by atoms with van der Waals surface area (Å²) in [5.41, 5.74) is 7.50. The van der Waals surface area contributed by atoms with Crippen molar-refractivity contribution in [3.63, 3.8) is 0 Å². The normalized spacial score (nSPS) is 24.0. The molecular weight excluding hydrogens is 733 g/mol. The summed E-state index contributed by atoms with van der Waals surface area (Å²) < 4.78 is 6.51. The Labute approximate surface area is 337 Å². The van der Waals surface area contributed by atoms with Crippen LogP contribution in [0.15, 0.2) is 84.9 Å². The number of nitrogens with zero attached hydrogens (tertiary/aromatic N) is 3. The number of phenols is 1. The zero-order valence-electron chi connectivity index (χ0n) is 32.3. The predicted octanol–water partition coefficient (Wildman–Crippen LogP) is 5.82. The molecule has 3 fully saturated rings. The van der Waals surface area contributed by atoms with E-state index in [1.165, 1.54) is 22.3 Å². The Morgan fingerprint density at radius 1 is 0.776 bits per heavy atom. The van der Waals surface area contributed by atoms with Crippen LogP contribution in [-0.2, 0) is 33.9 Å². The number of nitrogens with one attached hydrogen (secondary N) is 1. The molecule has 11 heteroatoms. The van der Waals surface area contributed by atoms with Gasteiger partial charge in [0.15, 0.2) is 0 Å². The van der Waals surface area contributed by atoms with Gasteiger partial charge in [0.2, 0.25) is 17.7 Å². The Bertz CT molecular complexity index is 2300. The number of aromatic hydroxyl groups is 1. The van der Waals surface area contributed by atoms with Crippen molar-refractivity contribution < 1.29 is 33.8 Å². The van der Waals surface area contributed by atoms with Gasteiger partial charge in [-0.1, -0.05) is 48.5 Å². The lowest BCUT2D eigenvalue weighted by molar-refractivity contribution is -0.136. The number of fused-ring (bicyclic) bond motifs is 3. The SMILES string of the molecule is O=C1CCC(N2C(=O)c3cc4c(cc3C2=O)CN(C(=O)CN2CCC3(CC2)CC(Oc2ccc([C@@H]5c6ccc(O)cc6CC[C@@H]5c5ccccc5)cc2)C3)C4)C(=O)N1. The lowest BCUT2D eigenvalue weighted by Gasteiger charge is -2.51. The predicted molar refractivity (Wildman–Crippen MR) is 213 cm³/mol. The molecule has 5 amide bonds. The lowest BCUT2D eigenvalue weighted by atomic mass is 9.61. The first kappa shape index (κ1) is 36.5. The van der Waals surface area contributed by atoms with Gasteiger partial charge in [-0.3, -0.25) is 39.1 Å². The highest BCUT2D eigenvalue weighted by molar-refractivity contribution is 6.23. The fourth-order valence-electron chi connectivity index (χ4n) is 10.6. The van der Waals surface area contributed by atoms with Gasteiger partial charge < -0.3 is 14.7 Å². The van der Waals surface area contributed by atoms with E-state index in [0.717, 1.165) is 73.4 Å². The van der Waals surface area contributed by atoms with Gasteiger partial charge in [0.25, 0.3) is 11.8 Å². The van der Waals surface area contributed by atoms with E-state index >= 15 is 0 Å². The van der Waals surface area contributed by atoms with Gasteiger partial charge in [-0.05, 0) is 139 Å². The summed E-state index contributed by atoms with van der Waals surface area (Å²) in [5, 5.41) is 12.4. The third-order valence-corrected chi connectivity index (χ3v) is 13.8. The maximum absolute atomic E-state index is 13.5. The average molecular weight is 779 g/mol. The Hall–Kier alpha value is -5.81. The molecule has 4 aliphatic heterocycles. The van der Waals surface area contributed by atoms with Crippen LogP contribution in [0.2, 0.25) is 0 Å². The van der Waals surface area contributed by atoms with E-state index in [4.69, 9.17) is 4.74 Å². The van der Waals surface area contributed by atoms with Crippen LogP contribution in [0.4, 0.5) is 0 Å². The number of likely N-dealkylation sites (tertiary alicyclic amines) is 1. The summed E-state index contributed by atoms with van der Waals surface area (Å²) in [5.74, 6) is -0.324. The van der Waals surface area contributed by atoms with Crippen LogP contribution < -0.4 is 10.1 Å². The average Bonchev–Trinajstić information content (AvgIpc) is 3.74. The van der Waals surface area contributed by atoms with Crippen LogP contribution in [-0.4, -0.2) is 81.1 Å². The smallest absolute Gasteiger partial charge is 0.262 e. The Morgan fingerprint density at radius 3 is 2.14 bits per heavy atom. The summed E-state index contributed by atoms with van der Waals surface area (Å²) in [4.78, 5) is 69.2. The number of hydrogen-bond donors (Lipinski definition) is 2. The zero-order valence-corrected chi connectivity index (χ0v) is 32.3. The van der Waals surface area contributed by atoms with Crippen molar-refractivity contribution in [2.24, 2.45) is 5.41 Å². The second-order valence-electron chi connectivity index (χ2n) is 17.3. The largest absolute Gasteiger partial charge is 0.508 e. The molecule has 11 nitrogen and oxygen atoms in total. The number of benzene rings is 4. The summed E-state index contributed by atoms with van der Waals surface area (Å²) in [6, 6.07) is 27.6. The summed E-state index contributed by atoms with van der Waals surface area (Å²) >= 11 is 0. The molecule has 0 radical (unpaired) electrons. The van der Waals surface area contributed by atoms with Crippen LogP contribution in [0.5, 0.6) is 11.5 Å². The summed E-state index contributed by atoms with van der Waals surface area (Å²) in [6.45, 7) is 2.76. The van der Waals surface area contributed by atoms with Gasteiger partial charge in [0.1, 0.15) is 17.5 Å². The molecule has 1 unspecified atom stereocenters. The second-order valence-corrected chi connectivity index (χ2v) is 17.3. The number of carbonyl (C=O) groups excluding carboxylic acids is 5. The summed E-state index contributed by atoms with van der Waals surface area (Å²) in [7, 11) is 0. The van der Waals surface area contributed by atoms with Crippen LogP contribution in [0, 0.1) is 5.41 Å². The number of ether oxygens (including phenoxy) is 1. The number of hydrogen-bond acceptors (Lipinski definition) is 8. The van der Waals surface area contributed by atoms with Crippen molar-refractivity contribution >= 4 is 29.5 Å². The topological polar surface area (TPSA) is 137 Å². The molecule has 4 aromatic carbocycles. The number of aryl methyl sites for hydroxylation is 1. The molecule has 1 spiro atoms. The van der Waals surface area contributed by atoms with E-state index in [9.17, 15) is 29.1 Å². The lowest BCUT2D eigenvalue weighted by Crippen LogP contribution is -2.54. The van der Waals surface area contributed by atoms with Crippen molar-refractivity contribution in [3.05, 3.63) is 129 Å². The van der Waals surface area contributed by atoms with Crippen molar-refractivity contribution in [1.82, 2.24) is 20.0 Å². The van der Waals surface area contributed by atoms with Crippen LogP contribution in [0.25, 0.3) is 0 Å². The number of piperidine rings is 2. The standard InChI is InChI=1S/C47H46N4O7/c52-33-9-13-37-30(20-33)8-12-36(28-4-2-1-3-5-28)43(37)29-6-10-34(11-7-29)58-35-23-47(24-35)16-18-49(19-17-47)27-42(54)50-25-31-21-38-39(22-32(31)26-50)46(57)51(45(38)56)40-14-15-41(53)48-44(40)55/h1-7,9-11,13,20-22,35-36,40,43,52H,8,12,14-19,23-27H2,(H,48,53,55)/t36-,40?,43+/m1/s1. The van der Waals surface area contributed by atoms with E-state index in [-0.39, 0.29) is 47.3 Å². The number of rotatable bonds is 7. The van der Waals surface area contributed by atoms with Crippen molar-refractivity contribution in [2.75, 3.05) is 19.6 Å². The molecule has 2 N–H and O–H groups in total. The molecule has 0 aromatic heterocycles. The van der Waals surface area contributed by atoms with Crippen LogP contribution in [0.1, 0.15) is 111 Å². The number of phenolic OH excluding ortho intramolecular Hbond substituents is 1. The minimum atomic E-state index is -1.00. The minimum Gasteiger partial charge on any atom is -0.508 e. The van der Waals surface area contributed by atoms with Gasteiger partial charge in [0, 0.05) is 25.4 Å². The highest BCUT2D eigenvalue weighted by Crippen LogP contribution is 2.51. The highest BCUT2D eigenvalue weighted by atomic mass is 16.5. The minimum absolute atomic E-state index is 0.0263. The first-order valence-electron chi connectivity index (χ1n) is 20.6. The van der Waals surface area contributed by atoms with Crippen molar-refractivity contribution in [2.45, 2.75) is 88.4 Å². The maximum atomic E-state index is 13.5. The monoisotopic (exact) mass is 778 g/mol. The first-order chi connectivity index (χ1) is 28.1. The third-order valence-electron chi connectivity index (χ3n) is 13.8. The van der Waals surface area contributed by atoms with Gasteiger partial charge >= 0.3 is 0 Å². The molecule has 1 saturated carbocycles. The van der Waals surface area contributed by atoms with Gasteiger partial charge in [-0.25, -0.2) is 0 Å². The molecule has 4 heterocycles. The maximum Gasteiger partial charge on any atom is 0.262 e. The Balaban J connectivity index is 0.716. The van der Waals surface area contributed by atoms with Crippen molar-refractivity contribution in [3.8, 4) is 11.5 Å². The van der Waals surface area contributed by atoms with Crippen LogP contribution >= 0.6 is 0 Å². The summed E-state index contributed by atoms with van der Waals surface area (Å²) in [6.07, 6.45) is 6.40. The van der Waals surface area contributed by atoms with E-state index in [1.807, 2.05) is 6.07 Å². The van der Waals surface area contributed by atoms with E-state index in [1.54, 1.807) is 23.1 Å². The molecular formula is C47H46N4O7. The second kappa shape index (κ2) is 14.2. The quantitative estimate of drug-likeness (QED) is 0.224. The highest BCUT2D eigenvalue weighted by Gasteiger charge is 2.48. The molecule has 58 heavy (non-hydrogen) atoms. The van der Waals surface area contributed by atoms with Crippen LogP contribution in [0.3, 0.4) is 0 Å². The number of amides is 5. The fourth-order valence-corrected chi connectivity index (χ4v) is 10.6.